The van der Waals surface area contributed by atoms with E-state index in [2.05, 4.69) is 24.1 Å². The number of nitrogens with one attached hydrogen (secondary N) is 1. The van der Waals surface area contributed by atoms with Crippen molar-refractivity contribution in [2.45, 2.75) is 45.3 Å². The van der Waals surface area contributed by atoms with Crippen molar-refractivity contribution in [2.75, 3.05) is 6.54 Å². The zero-order valence-electron chi connectivity index (χ0n) is 12.7. The fourth-order valence-corrected chi connectivity index (χ4v) is 4.22. The molecule has 21 heavy (non-hydrogen) atoms. The molecule has 1 aliphatic heterocycles. The normalized spacial score (nSPS) is 33.5. The Morgan fingerprint density at radius 2 is 1.90 bits per heavy atom. The summed E-state index contributed by atoms with van der Waals surface area (Å²) in [7, 11) is 0. The van der Waals surface area contributed by atoms with Crippen LogP contribution < -0.4 is 5.32 Å². The minimum atomic E-state index is -0.0290. The second kappa shape index (κ2) is 5.98. The van der Waals surface area contributed by atoms with Gasteiger partial charge in [-0.15, -0.1) is 0 Å². The van der Waals surface area contributed by atoms with Crippen molar-refractivity contribution in [2.24, 2.45) is 11.8 Å². The molecule has 4 heteroatoms. The van der Waals surface area contributed by atoms with Gasteiger partial charge in [0.1, 0.15) is 6.17 Å². The first-order chi connectivity index (χ1) is 10.0. The summed E-state index contributed by atoms with van der Waals surface area (Å²) in [6.07, 6.45) is 3.45. The molecule has 1 N–H and O–H groups in total. The van der Waals surface area contributed by atoms with E-state index >= 15 is 0 Å². The topological polar surface area (TPSA) is 32.3 Å². The summed E-state index contributed by atoms with van der Waals surface area (Å²) in [5.41, 5.74) is 1.08. The fourth-order valence-electron chi connectivity index (χ4n) is 4.02. The monoisotopic (exact) mass is 306 g/mol. The van der Waals surface area contributed by atoms with Gasteiger partial charge in [0.2, 0.25) is 5.91 Å². The number of hydrogen-bond donors (Lipinski definition) is 1. The third-order valence-electron chi connectivity index (χ3n) is 4.72. The molecule has 0 radical (unpaired) electrons. The minimum Gasteiger partial charge on any atom is -0.319 e. The van der Waals surface area contributed by atoms with Crippen LogP contribution in [-0.4, -0.2) is 23.4 Å². The van der Waals surface area contributed by atoms with Crippen molar-refractivity contribution in [3.63, 3.8) is 0 Å². The molecule has 0 spiro atoms. The van der Waals surface area contributed by atoms with Crippen molar-refractivity contribution in [1.82, 2.24) is 10.2 Å². The lowest BCUT2D eigenvalue weighted by molar-refractivity contribution is -0.131. The highest BCUT2D eigenvalue weighted by Gasteiger charge is 2.39. The van der Waals surface area contributed by atoms with E-state index in [-0.39, 0.29) is 12.1 Å². The van der Waals surface area contributed by atoms with Crippen LogP contribution in [0.1, 0.15) is 44.8 Å². The number of amides is 1. The van der Waals surface area contributed by atoms with Gasteiger partial charge in [-0.25, -0.2) is 0 Å². The van der Waals surface area contributed by atoms with Gasteiger partial charge >= 0.3 is 0 Å². The standard InChI is InChI=1S/C17H23ClN2O/c1-11-6-12(2)8-15(7-11)20-16(21)10-19-17(20)13-4-3-5-14(18)9-13/h3-5,9,11-12,15,17,19H,6-8,10H2,1-2H3. The van der Waals surface area contributed by atoms with Crippen LogP contribution in [0.3, 0.4) is 0 Å². The Morgan fingerprint density at radius 3 is 2.57 bits per heavy atom. The van der Waals surface area contributed by atoms with Crippen LogP contribution in [0.15, 0.2) is 24.3 Å². The molecular weight excluding hydrogens is 284 g/mol. The van der Waals surface area contributed by atoms with Crippen LogP contribution in [0, 0.1) is 11.8 Å². The Morgan fingerprint density at radius 1 is 1.19 bits per heavy atom. The molecule has 1 aromatic rings. The summed E-state index contributed by atoms with van der Waals surface area (Å²) in [5.74, 6) is 1.59. The SMILES string of the molecule is CC1CC(C)CC(N2C(=O)CNC2c2cccc(Cl)c2)C1. The maximum atomic E-state index is 12.4. The van der Waals surface area contributed by atoms with Crippen LogP contribution in [0.4, 0.5) is 0 Å². The molecule has 1 amide bonds. The highest BCUT2D eigenvalue weighted by molar-refractivity contribution is 6.30. The van der Waals surface area contributed by atoms with E-state index in [1.807, 2.05) is 24.3 Å². The lowest BCUT2D eigenvalue weighted by atomic mass is 9.79. The van der Waals surface area contributed by atoms with Gasteiger partial charge in [0.25, 0.3) is 0 Å². The third kappa shape index (κ3) is 3.09. The van der Waals surface area contributed by atoms with Gasteiger partial charge < -0.3 is 4.90 Å². The number of halogens is 1. The quantitative estimate of drug-likeness (QED) is 0.905. The van der Waals surface area contributed by atoms with Gasteiger partial charge in [0.15, 0.2) is 0 Å². The van der Waals surface area contributed by atoms with Gasteiger partial charge in [-0.05, 0) is 48.8 Å². The van der Waals surface area contributed by atoms with Gasteiger partial charge in [-0.3, -0.25) is 10.1 Å². The average Bonchev–Trinajstić information content (AvgIpc) is 2.79. The molecule has 3 nitrogen and oxygen atoms in total. The maximum absolute atomic E-state index is 12.4. The fraction of sp³-hybridized carbons (Fsp3) is 0.588. The van der Waals surface area contributed by atoms with E-state index in [0.29, 0.717) is 24.4 Å². The summed E-state index contributed by atoms with van der Waals surface area (Å²) in [5, 5.41) is 4.07. The Bertz CT molecular complexity index is 523. The highest BCUT2D eigenvalue weighted by Crippen LogP contribution is 2.36. The summed E-state index contributed by atoms with van der Waals surface area (Å²) >= 11 is 6.11. The number of carbonyl (C=O) groups is 1. The van der Waals surface area contributed by atoms with Crippen LogP contribution in [-0.2, 0) is 4.79 Å². The van der Waals surface area contributed by atoms with Crippen molar-refractivity contribution >= 4 is 17.5 Å². The Hall–Kier alpha value is -1.06. The zero-order chi connectivity index (χ0) is 15.0. The molecule has 3 atom stereocenters. The molecule has 2 fully saturated rings. The first kappa shape index (κ1) is 14.9. The van der Waals surface area contributed by atoms with Crippen molar-refractivity contribution in [3.05, 3.63) is 34.9 Å². The van der Waals surface area contributed by atoms with Crippen molar-refractivity contribution in [3.8, 4) is 0 Å². The van der Waals surface area contributed by atoms with Crippen molar-refractivity contribution < 1.29 is 4.79 Å². The van der Waals surface area contributed by atoms with E-state index in [9.17, 15) is 4.79 Å². The van der Waals surface area contributed by atoms with E-state index in [4.69, 9.17) is 11.6 Å². The molecule has 1 aromatic carbocycles. The molecule has 3 rings (SSSR count). The predicted octanol–water partition coefficient (Wildman–Crippen LogP) is 3.60. The Balaban J connectivity index is 1.85. The smallest absolute Gasteiger partial charge is 0.238 e. The van der Waals surface area contributed by atoms with Crippen LogP contribution in [0.2, 0.25) is 5.02 Å². The minimum absolute atomic E-state index is 0.0290. The Kier molecular flexibility index (Phi) is 4.23. The number of carbonyl (C=O) groups excluding carboxylic acids is 1. The summed E-state index contributed by atoms with van der Waals surface area (Å²) in [4.78, 5) is 14.5. The molecule has 1 saturated carbocycles. The lowest BCUT2D eigenvalue weighted by Gasteiger charge is -2.40. The van der Waals surface area contributed by atoms with Crippen LogP contribution >= 0.6 is 11.6 Å². The second-order valence-corrected chi connectivity index (χ2v) is 7.15. The lowest BCUT2D eigenvalue weighted by Crippen LogP contribution is -2.43. The van der Waals surface area contributed by atoms with Crippen LogP contribution in [0.25, 0.3) is 0 Å². The molecule has 3 unspecified atom stereocenters. The number of nitrogens with zero attached hydrogens (tertiary/aromatic N) is 1. The Labute approximate surface area is 131 Å². The van der Waals surface area contributed by atoms with E-state index < -0.39 is 0 Å². The van der Waals surface area contributed by atoms with Gasteiger partial charge in [0, 0.05) is 11.1 Å². The molecule has 114 valence electrons. The van der Waals surface area contributed by atoms with Gasteiger partial charge in [-0.2, -0.15) is 0 Å². The number of benzene rings is 1. The number of hydrogen-bond acceptors (Lipinski definition) is 2. The molecule has 1 saturated heterocycles. The molecule has 0 aromatic heterocycles. The molecule has 0 bridgehead atoms. The van der Waals surface area contributed by atoms with Crippen LogP contribution in [0.5, 0.6) is 0 Å². The van der Waals surface area contributed by atoms with Crippen molar-refractivity contribution in [1.29, 1.82) is 0 Å². The van der Waals surface area contributed by atoms with E-state index in [1.165, 1.54) is 6.42 Å². The summed E-state index contributed by atoms with van der Waals surface area (Å²) < 4.78 is 0. The first-order valence-corrected chi connectivity index (χ1v) is 8.22. The molecular formula is C17H23ClN2O. The molecule has 1 aliphatic carbocycles. The summed E-state index contributed by atoms with van der Waals surface area (Å²) in [6, 6.07) is 8.17. The highest BCUT2D eigenvalue weighted by atomic mass is 35.5. The molecule has 1 heterocycles. The third-order valence-corrected chi connectivity index (χ3v) is 4.96. The number of rotatable bonds is 2. The largest absolute Gasteiger partial charge is 0.319 e. The first-order valence-electron chi connectivity index (χ1n) is 7.84. The van der Waals surface area contributed by atoms with Gasteiger partial charge in [-0.1, -0.05) is 37.6 Å². The molecule has 2 aliphatic rings. The second-order valence-electron chi connectivity index (χ2n) is 6.71. The average molecular weight is 307 g/mol. The maximum Gasteiger partial charge on any atom is 0.238 e. The predicted molar refractivity (Wildman–Crippen MR) is 85.0 cm³/mol. The van der Waals surface area contributed by atoms with Gasteiger partial charge in [0.05, 0.1) is 6.54 Å². The zero-order valence-corrected chi connectivity index (χ0v) is 13.4. The summed E-state index contributed by atoms with van der Waals surface area (Å²) in [6.45, 7) is 5.02. The van der Waals surface area contributed by atoms with E-state index in [0.717, 1.165) is 23.4 Å². The van der Waals surface area contributed by atoms with E-state index in [1.54, 1.807) is 0 Å².